The van der Waals surface area contributed by atoms with Crippen LogP contribution in [0.1, 0.15) is 94.9 Å². The Labute approximate surface area is 303 Å². The topological polar surface area (TPSA) is 49.4 Å². The van der Waals surface area contributed by atoms with E-state index in [2.05, 4.69) is 124 Å². The first kappa shape index (κ1) is 50.5. The molecule has 0 aliphatic carbocycles. The van der Waals surface area contributed by atoms with Gasteiger partial charge < -0.3 is 7.43 Å². The maximum absolute atomic E-state index is 4.76. The van der Waals surface area contributed by atoms with Crippen molar-refractivity contribution in [3.63, 3.8) is 0 Å². The number of nitrogens with zero attached hydrogens (tertiary/aromatic N) is 4. The molecular weight excluding hydrogens is 713 g/mol. The average molecular weight is 775 g/mol. The molecule has 0 radical (unpaired) electrons. The summed E-state index contributed by atoms with van der Waals surface area (Å²) in [6.45, 7) is 8.54. The molecule has 0 aliphatic rings. The third kappa shape index (κ3) is 25.4. The zero-order valence-corrected chi connectivity index (χ0v) is 32.5. The van der Waals surface area contributed by atoms with E-state index in [1.54, 1.807) is 0 Å². The van der Waals surface area contributed by atoms with Gasteiger partial charge in [-0.1, -0.05) is 80.9 Å². The van der Waals surface area contributed by atoms with Crippen molar-refractivity contribution in [3.8, 4) is 0 Å². The standard InChI is InChI=1S/2C17H26N2.CH2Cl2.CH4.CH3.ClH.Pd/c2*1-5-16(18-3)17(19-4)9-7-6-8-15-12-10-14(2)11-13-15;2-1-3;;;;/h2*10-13H,5-9H2,1-4H3;1H2;1H4;1H3;1H;/q;;;;-1;;+2/p-1. The normalized spacial score (nSPS) is 11.4. The quantitative estimate of drug-likeness (QED) is 0.0604. The second-order valence-electron chi connectivity index (χ2n) is 9.87. The van der Waals surface area contributed by atoms with E-state index in [1.165, 1.54) is 59.4 Å². The van der Waals surface area contributed by atoms with Crippen molar-refractivity contribution in [1.29, 1.82) is 0 Å². The van der Waals surface area contributed by atoms with Crippen molar-refractivity contribution in [2.24, 2.45) is 20.0 Å². The molecule has 0 N–H and O–H groups in total. The van der Waals surface area contributed by atoms with Gasteiger partial charge >= 0.3 is 27.7 Å². The van der Waals surface area contributed by atoms with Crippen LogP contribution >= 0.6 is 32.7 Å². The van der Waals surface area contributed by atoms with E-state index in [9.17, 15) is 0 Å². The average Bonchev–Trinajstić information content (AvgIpc) is 3.03. The van der Waals surface area contributed by atoms with E-state index in [-0.39, 0.29) is 20.2 Å². The van der Waals surface area contributed by atoms with Gasteiger partial charge in [-0.25, -0.2) is 0 Å². The number of aryl methyl sites for hydroxylation is 4. The Morgan fingerprint density at radius 3 is 1.04 bits per heavy atom. The molecule has 2 aromatic rings. The van der Waals surface area contributed by atoms with Gasteiger partial charge in [-0.3, -0.25) is 20.0 Å². The molecule has 0 aromatic heterocycles. The minimum absolute atomic E-state index is 0. The first-order valence-electron chi connectivity index (χ1n) is 15.0. The van der Waals surface area contributed by atoms with Crippen LogP contribution in [0.3, 0.4) is 0 Å². The summed E-state index contributed by atoms with van der Waals surface area (Å²) >= 11 is 11.8. The monoisotopic (exact) mass is 772 g/mol. The summed E-state index contributed by atoms with van der Waals surface area (Å²) in [5.74, 6) is 0. The summed E-state index contributed by atoms with van der Waals surface area (Å²) in [6, 6.07) is 17.7. The molecule has 8 heteroatoms. The molecule has 2 rings (SSSR count). The number of benzene rings is 2. The zero-order valence-electron chi connectivity index (χ0n) is 28.6. The second-order valence-corrected chi connectivity index (χ2v) is 10.7. The van der Waals surface area contributed by atoms with Crippen LogP contribution in [0.2, 0.25) is 0 Å². The third-order valence-corrected chi connectivity index (χ3v) is 6.91. The van der Waals surface area contributed by atoms with Gasteiger partial charge in [0.25, 0.3) is 0 Å². The molecule has 0 atom stereocenters. The van der Waals surface area contributed by atoms with Crippen molar-refractivity contribution in [3.05, 3.63) is 78.2 Å². The zero-order chi connectivity index (χ0) is 32.9. The predicted octanol–water partition coefficient (Wildman–Crippen LogP) is 11.7. The van der Waals surface area contributed by atoms with Gasteiger partial charge in [-0.15, -0.1) is 23.2 Å². The van der Waals surface area contributed by atoms with Crippen LogP contribution in [0, 0.1) is 21.3 Å². The van der Waals surface area contributed by atoms with Gasteiger partial charge in [-0.05, 0) is 89.2 Å². The van der Waals surface area contributed by atoms with Crippen LogP contribution < -0.4 is 0 Å². The molecule has 0 saturated carbocycles. The predicted molar refractivity (Wildman–Crippen MR) is 207 cm³/mol. The second kappa shape index (κ2) is 35.5. The SMILES string of the molecule is C.CCC(=NC)C(CCCCc1ccc(C)cc1)=NC.CCC(=NC)C(CCCCc1ccc(C)cc1)=NC.ClCCl.[CH3-].[Cl][Pd+]. The van der Waals surface area contributed by atoms with Crippen molar-refractivity contribution < 1.29 is 18.2 Å². The molecule has 2 aromatic carbocycles. The Morgan fingerprint density at radius 2 is 0.822 bits per heavy atom. The van der Waals surface area contributed by atoms with Crippen LogP contribution in [0.4, 0.5) is 0 Å². The molecule has 0 amide bonds. The fourth-order valence-corrected chi connectivity index (χ4v) is 4.51. The van der Waals surface area contributed by atoms with Crippen molar-refractivity contribution in [2.75, 3.05) is 33.5 Å². The molecule has 0 bridgehead atoms. The van der Waals surface area contributed by atoms with Gasteiger partial charge in [-0.2, -0.15) is 0 Å². The third-order valence-electron chi connectivity index (χ3n) is 6.91. The van der Waals surface area contributed by atoms with Crippen LogP contribution in [-0.4, -0.2) is 56.4 Å². The molecule has 0 unspecified atom stereocenters. The Bertz CT molecular complexity index is 979. The fraction of sp³-hybridized carbons (Fsp3) is 0.541. The van der Waals surface area contributed by atoms with Gasteiger partial charge in [0.05, 0.1) is 28.2 Å². The van der Waals surface area contributed by atoms with Crippen molar-refractivity contribution >= 4 is 55.6 Å². The number of unbranched alkanes of at least 4 members (excludes halogenated alkanes) is 2. The Kier molecular flexibility index (Phi) is 39.9. The van der Waals surface area contributed by atoms with Crippen LogP contribution in [-0.2, 0) is 31.0 Å². The number of hydrogen-bond acceptors (Lipinski definition) is 4. The Balaban J connectivity index is -0.000000314. The molecule has 0 fully saturated rings. The first-order chi connectivity index (χ1) is 20.8. The number of halogens is 3. The van der Waals surface area contributed by atoms with Crippen LogP contribution in [0.5, 0.6) is 0 Å². The van der Waals surface area contributed by atoms with Gasteiger partial charge in [0.2, 0.25) is 0 Å². The molecule has 0 heterocycles. The van der Waals surface area contributed by atoms with E-state index in [1.807, 2.05) is 28.2 Å². The van der Waals surface area contributed by atoms with E-state index in [4.69, 9.17) is 23.2 Å². The van der Waals surface area contributed by atoms with Crippen LogP contribution in [0.15, 0.2) is 68.5 Å². The molecule has 0 saturated heterocycles. The van der Waals surface area contributed by atoms with Crippen LogP contribution in [0.25, 0.3) is 0 Å². The number of rotatable bonds is 14. The molecule has 45 heavy (non-hydrogen) atoms. The Morgan fingerprint density at radius 1 is 0.556 bits per heavy atom. The summed E-state index contributed by atoms with van der Waals surface area (Å²) in [4.78, 5) is 17.4. The Hall–Kier alpha value is -1.35. The fourth-order valence-electron chi connectivity index (χ4n) is 4.51. The summed E-state index contributed by atoms with van der Waals surface area (Å²) in [6.07, 6.45) is 11.1. The molecule has 0 spiro atoms. The van der Waals surface area contributed by atoms with Gasteiger partial charge in [0.15, 0.2) is 0 Å². The molecular formula is C37H61Cl3N4Pd. The number of hydrogen-bond donors (Lipinski definition) is 0. The minimum atomic E-state index is 0. The van der Waals surface area contributed by atoms with Gasteiger partial charge in [0.1, 0.15) is 0 Å². The summed E-state index contributed by atoms with van der Waals surface area (Å²) < 4.78 is 0. The van der Waals surface area contributed by atoms with Crippen molar-refractivity contribution in [2.45, 2.75) is 99.3 Å². The van der Waals surface area contributed by atoms with E-state index in [0.29, 0.717) is 0 Å². The van der Waals surface area contributed by atoms with E-state index >= 15 is 0 Å². The number of aliphatic imine (C=N–C) groups is 4. The van der Waals surface area contributed by atoms with Crippen molar-refractivity contribution in [1.82, 2.24) is 0 Å². The van der Waals surface area contributed by atoms with Gasteiger partial charge in [0, 0.05) is 28.2 Å². The summed E-state index contributed by atoms with van der Waals surface area (Å²) in [5, 5.41) is 0.194. The van der Waals surface area contributed by atoms with E-state index < -0.39 is 0 Å². The molecule has 260 valence electrons. The molecule has 0 aliphatic heterocycles. The molecule has 4 nitrogen and oxygen atoms in total. The summed E-state index contributed by atoms with van der Waals surface area (Å²) in [7, 11) is 11.9. The first-order valence-corrected chi connectivity index (χ1v) is 18.1. The summed E-state index contributed by atoms with van der Waals surface area (Å²) in [5.41, 5.74) is 10.2. The number of alkyl halides is 2. The van der Waals surface area contributed by atoms with E-state index in [0.717, 1.165) is 49.9 Å². The maximum atomic E-state index is 4.76.